The molecule has 1 N–H and O–H groups in total. The van der Waals surface area contributed by atoms with Crippen LogP contribution in [0, 0.1) is 11.8 Å². The van der Waals surface area contributed by atoms with E-state index in [2.05, 4.69) is 6.92 Å². The third kappa shape index (κ3) is 1.50. The minimum atomic E-state index is -0.543. The van der Waals surface area contributed by atoms with E-state index in [1.54, 1.807) is 0 Å². The van der Waals surface area contributed by atoms with Crippen molar-refractivity contribution in [3.05, 3.63) is 0 Å². The lowest BCUT2D eigenvalue weighted by Crippen LogP contribution is -2.37. The number of rotatable bonds is 0. The van der Waals surface area contributed by atoms with E-state index in [4.69, 9.17) is 4.74 Å². The monoisotopic (exact) mass is 144 g/mol. The largest absolute Gasteiger partial charge is 0.368 e. The zero-order valence-corrected chi connectivity index (χ0v) is 6.87. The maximum atomic E-state index is 9.30. The van der Waals surface area contributed by atoms with Crippen molar-refractivity contribution in [3.8, 4) is 0 Å². The Bertz CT molecular complexity index is 102. The lowest BCUT2D eigenvalue weighted by molar-refractivity contribution is -0.199. The van der Waals surface area contributed by atoms with Crippen LogP contribution < -0.4 is 0 Å². The molecule has 0 aliphatic carbocycles. The van der Waals surface area contributed by atoms with E-state index < -0.39 is 6.29 Å². The smallest absolute Gasteiger partial charge is 0.157 e. The van der Waals surface area contributed by atoms with E-state index in [0.717, 1.165) is 6.42 Å². The molecule has 1 aliphatic heterocycles. The van der Waals surface area contributed by atoms with Gasteiger partial charge in [-0.25, -0.2) is 0 Å². The summed E-state index contributed by atoms with van der Waals surface area (Å²) in [7, 11) is 0. The Morgan fingerprint density at radius 1 is 1.30 bits per heavy atom. The molecule has 1 fully saturated rings. The van der Waals surface area contributed by atoms with Gasteiger partial charge in [-0.2, -0.15) is 0 Å². The zero-order chi connectivity index (χ0) is 7.72. The summed E-state index contributed by atoms with van der Waals surface area (Å²) in [5.41, 5.74) is 0. The highest BCUT2D eigenvalue weighted by molar-refractivity contribution is 4.73. The molecule has 0 radical (unpaired) electrons. The van der Waals surface area contributed by atoms with Crippen LogP contribution in [0.25, 0.3) is 0 Å². The summed E-state index contributed by atoms with van der Waals surface area (Å²) in [5, 5.41) is 9.30. The van der Waals surface area contributed by atoms with Crippen molar-refractivity contribution in [2.45, 2.75) is 39.6 Å². The average molecular weight is 144 g/mol. The number of ether oxygens (including phenoxy) is 1. The van der Waals surface area contributed by atoms with Crippen LogP contribution >= 0.6 is 0 Å². The lowest BCUT2D eigenvalue weighted by Gasteiger charge is -2.34. The quantitative estimate of drug-likeness (QED) is 0.556. The Kier molecular flexibility index (Phi) is 2.32. The minimum absolute atomic E-state index is 0.223. The molecule has 0 amide bonds. The molecule has 0 saturated carbocycles. The first-order chi connectivity index (χ1) is 4.61. The molecule has 0 spiro atoms. The molecule has 10 heavy (non-hydrogen) atoms. The van der Waals surface area contributed by atoms with Gasteiger partial charge in [0, 0.05) is 5.92 Å². The minimum Gasteiger partial charge on any atom is -0.368 e. The Morgan fingerprint density at radius 2 is 1.90 bits per heavy atom. The molecule has 0 aromatic rings. The van der Waals surface area contributed by atoms with Gasteiger partial charge < -0.3 is 9.84 Å². The summed E-state index contributed by atoms with van der Waals surface area (Å²) in [6.07, 6.45) is 0.748. The molecule has 1 heterocycles. The number of hydrogen-bond donors (Lipinski definition) is 1. The predicted molar refractivity (Wildman–Crippen MR) is 39.5 cm³/mol. The molecule has 1 saturated heterocycles. The third-order valence-corrected chi connectivity index (χ3v) is 2.42. The molecular formula is C8H16O2. The summed E-state index contributed by atoms with van der Waals surface area (Å²) in [6, 6.07) is 0. The Labute approximate surface area is 62.2 Å². The van der Waals surface area contributed by atoms with Crippen LogP contribution in [0.15, 0.2) is 0 Å². The van der Waals surface area contributed by atoms with Gasteiger partial charge in [-0.15, -0.1) is 0 Å². The molecule has 2 heteroatoms. The Morgan fingerprint density at radius 3 is 2.40 bits per heavy atom. The van der Waals surface area contributed by atoms with Crippen molar-refractivity contribution in [3.63, 3.8) is 0 Å². The van der Waals surface area contributed by atoms with Crippen LogP contribution in [-0.4, -0.2) is 17.5 Å². The lowest BCUT2D eigenvalue weighted by atomic mass is 9.88. The highest BCUT2D eigenvalue weighted by Gasteiger charge is 2.29. The molecule has 0 bridgehead atoms. The fourth-order valence-electron chi connectivity index (χ4n) is 1.44. The highest BCUT2D eigenvalue weighted by Crippen LogP contribution is 2.28. The van der Waals surface area contributed by atoms with Gasteiger partial charge in [-0.1, -0.05) is 13.8 Å². The molecule has 1 unspecified atom stereocenters. The van der Waals surface area contributed by atoms with Crippen molar-refractivity contribution in [1.82, 2.24) is 0 Å². The molecule has 4 atom stereocenters. The second-order valence-corrected chi connectivity index (χ2v) is 3.41. The SMILES string of the molecule is C[C@@H]1C(O)O[C@@H](C)C[C@@H]1C. The van der Waals surface area contributed by atoms with E-state index in [1.807, 2.05) is 13.8 Å². The fraction of sp³-hybridized carbons (Fsp3) is 1.00. The summed E-state index contributed by atoms with van der Waals surface area (Å²) < 4.78 is 5.22. The Hall–Kier alpha value is -0.0800. The number of hydrogen-bond acceptors (Lipinski definition) is 2. The molecule has 0 aromatic heterocycles. The molecule has 60 valence electrons. The van der Waals surface area contributed by atoms with Gasteiger partial charge in [0.15, 0.2) is 6.29 Å². The van der Waals surface area contributed by atoms with Crippen LogP contribution in [0.2, 0.25) is 0 Å². The Balaban J connectivity index is 2.49. The van der Waals surface area contributed by atoms with Crippen molar-refractivity contribution in [1.29, 1.82) is 0 Å². The summed E-state index contributed by atoms with van der Waals surface area (Å²) >= 11 is 0. The zero-order valence-electron chi connectivity index (χ0n) is 6.87. The normalized spacial score (nSPS) is 49.2. The maximum Gasteiger partial charge on any atom is 0.157 e. The van der Waals surface area contributed by atoms with Crippen LogP contribution in [0.5, 0.6) is 0 Å². The van der Waals surface area contributed by atoms with Gasteiger partial charge in [-0.05, 0) is 19.3 Å². The highest BCUT2D eigenvalue weighted by atomic mass is 16.6. The first kappa shape index (κ1) is 8.02. The van der Waals surface area contributed by atoms with Crippen LogP contribution in [-0.2, 0) is 4.74 Å². The summed E-state index contributed by atoms with van der Waals surface area (Å²) in [6.45, 7) is 6.19. The van der Waals surface area contributed by atoms with E-state index in [9.17, 15) is 5.11 Å². The second-order valence-electron chi connectivity index (χ2n) is 3.41. The molecule has 2 nitrogen and oxygen atoms in total. The van der Waals surface area contributed by atoms with Crippen LogP contribution in [0.3, 0.4) is 0 Å². The van der Waals surface area contributed by atoms with Gasteiger partial charge in [0.2, 0.25) is 0 Å². The molecular weight excluding hydrogens is 128 g/mol. The molecule has 0 aromatic carbocycles. The van der Waals surface area contributed by atoms with Gasteiger partial charge in [0.1, 0.15) is 0 Å². The van der Waals surface area contributed by atoms with Crippen molar-refractivity contribution in [2.24, 2.45) is 11.8 Å². The number of aliphatic hydroxyl groups is 1. The van der Waals surface area contributed by atoms with E-state index in [-0.39, 0.29) is 12.0 Å². The first-order valence-electron chi connectivity index (χ1n) is 3.94. The average Bonchev–Trinajstić information content (AvgIpc) is 1.82. The maximum absolute atomic E-state index is 9.30. The number of aliphatic hydroxyl groups excluding tert-OH is 1. The van der Waals surface area contributed by atoms with E-state index >= 15 is 0 Å². The van der Waals surface area contributed by atoms with Crippen molar-refractivity contribution >= 4 is 0 Å². The standard InChI is InChI=1S/C8H16O2/c1-5-4-6(2)10-8(9)7(5)3/h5-9H,4H2,1-3H3/t5-,6-,7-,8?/m0/s1. The fourth-order valence-corrected chi connectivity index (χ4v) is 1.44. The summed E-state index contributed by atoms with van der Waals surface area (Å²) in [5.74, 6) is 0.870. The topological polar surface area (TPSA) is 29.5 Å². The molecule has 1 rings (SSSR count). The first-order valence-corrected chi connectivity index (χ1v) is 3.94. The van der Waals surface area contributed by atoms with Gasteiger partial charge in [0.05, 0.1) is 6.10 Å². The summed E-state index contributed by atoms with van der Waals surface area (Å²) in [4.78, 5) is 0. The van der Waals surface area contributed by atoms with Crippen molar-refractivity contribution in [2.75, 3.05) is 0 Å². The van der Waals surface area contributed by atoms with Gasteiger partial charge >= 0.3 is 0 Å². The van der Waals surface area contributed by atoms with E-state index in [0.29, 0.717) is 5.92 Å². The molecule has 1 aliphatic rings. The van der Waals surface area contributed by atoms with E-state index in [1.165, 1.54) is 0 Å². The third-order valence-electron chi connectivity index (χ3n) is 2.42. The van der Waals surface area contributed by atoms with Gasteiger partial charge in [-0.3, -0.25) is 0 Å². The second kappa shape index (κ2) is 2.89. The van der Waals surface area contributed by atoms with Crippen LogP contribution in [0.4, 0.5) is 0 Å². The van der Waals surface area contributed by atoms with Gasteiger partial charge in [0.25, 0.3) is 0 Å². The van der Waals surface area contributed by atoms with Crippen molar-refractivity contribution < 1.29 is 9.84 Å². The van der Waals surface area contributed by atoms with Crippen LogP contribution in [0.1, 0.15) is 27.2 Å². The predicted octanol–water partition coefficient (Wildman–Crippen LogP) is 1.39.